The van der Waals surface area contributed by atoms with Crippen molar-refractivity contribution in [2.24, 2.45) is 0 Å². The van der Waals surface area contributed by atoms with Gasteiger partial charge in [0, 0.05) is 6.04 Å². The summed E-state index contributed by atoms with van der Waals surface area (Å²) in [5.74, 6) is 0.175. The van der Waals surface area contributed by atoms with E-state index in [1.165, 1.54) is 13.4 Å². The number of hydrogen-bond donors (Lipinski definition) is 1. The Bertz CT molecular complexity index is 453. The van der Waals surface area contributed by atoms with E-state index < -0.39 is 4.92 Å². The molecule has 7 heteroatoms. The Morgan fingerprint density at radius 1 is 1.47 bits per heavy atom. The molecule has 1 aliphatic rings. The van der Waals surface area contributed by atoms with Crippen LogP contribution in [0.15, 0.2) is 18.5 Å². The van der Waals surface area contributed by atoms with Gasteiger partial charge in [0.1, 0.15) is 6.33 Å². The van der Waals surface area contributed by atoms with Crippen LogP contribution in [0.2, 0.25) is 0 Å². The van der Waals surface area contributed by atoms with Crippen LogP contribution in [0.25, 0.3) is 0 Å². The van der Waals surface area contributed by atoms with Gasteiger partial charge in [0.2, 0.25) is 5.82 Å². The Kier molecular flexibility index (Phi) is 3.17. The van der Waals surface area contributed by atoms with E-state index in [2.05, 4.69) is 15.3 Å². The second kappa shape index (κ2) is 4.77. The molecule has 0 fully saturated rings. The summed E-state index contributed by atoms with van der Waals surface area (Å²) in [6.07, 6.45) is 6.98. The van der Waals surface area contributed by atoms with Crippen molar-refractivity contribution in [3.05, 3.63) is 28.6 Å². The Hall–Kier alpha value is -2.18. The van der Waals surface area contributed by atoms with Crippen molar-refractivity contribution < 1.29 is 9.66 Å². The molecule has 0 bridgehead atoms. The quantitative estimate of drug-likeness (QED) is 0.484. The zero-order chi connectivity index (χ0) is 12.3. The maximum absolute atomic E-state index is 11.0. The first-order valence-corrected chi connectivity index (χ1v) is 5.17. The second-order valence-electron chi connectivity index (χ2n) is 3.62. The normalized spacial score (nSPS) is 14.9. The molecule has 1 N–H and O–H groups in total. The van der Waals surface area contributed by atoms with Crippen molar-refractivity contribution in [1.82, 2.24) is 9.97 Å². The molecule has 2 rings (SSSR count). The molecule has 0 amide bonds. The monoisotopic (exact) mass is 236 g/mol. The molecule has 0 saturated carbocycles. The first-order chi connectivity index (χ1) is 8.22. The van der Waals surface area contributed by atoms with Crippen LogP contribution in [0.1, 0.15) is 12.8 Å². The van der Waals surface area contributed by atoms with E-state index >= 15 is 0 Å². The standard InChI is InChI=1S/C10H12N4O3/c1-17-10-8(14(15)16)9(11-6-12-10)13-7-4-2-3-5-7/h2-3,6-7H,4-5H2,1H3,(H,11,12,13). The Morgan fingerprint density at radius 2 is 2.18 bits per heavy atom. The Morgan fingerprint density at radius 3 is 2.76 bits per heavy atom. The van der Waals surface area contributed by atoms with Crippen molar-refractivity contribution >= 4 is 11.5 Å². The van der Waals surface area contributed by atoms with Crippen LogP contribution in [-0.4, -0.2) is 28.0 Å². The predicted octanol–water partition coefficient (Wildman–Crippen LogP) is 1.52. The van der Waals surface area contributed by atoms with Crippen LogP contribution in [0, 0.1) is 10.1 Å². The van der Waals surface area contributed by atoms with E-state index in [9.17, 15) is 10.1 Å². The molecule has 0 saturated heterocycles. The molecule has 0 aliphatic heterocycles. The van der Waals surface area contributed by atoms with Crippen LogP contribution in [0.4, 0.5) is 11.5 Å². The van der Waals surface area contributed by atoms with Gasteiger partial charge < -0.3 is 10.1 Å². The number of aromatic nitrogens is 2. The van der Waals surface area contributed by atoms with Crippen LogP contribution >= 0.6 is 0 Å². The summed E-state index contributed by atoms with van der Waals surface area (Å²) in [6.45, 7) is 0. The first kappa shape index (κ1) is 11.3. The van der Waals surface area contributed by atoms with Gasteiger partial charge in [-0.1, -0.05) is 12.2 Å². The van der Waals surface area contributed by atoms with Gasteiger partial charge in [-0.15, -0.1) is 0 Å². The van der Waals surface area contributed by atoms with Gasteiger partial charge in [-0.2, -0.15) is 4.98 Å². The molecular weight excluding hydrogens is 224 g/mol. The van der Waals surface area contributed by atoms with E-state index in [1.54, 1.807) is 0 Å². The third kappa shape index (κ3) is 2.32. The van der Waals surface area contributed by atoms with Gasteiger partial charge in [-0.05, 0) is 12.8 Å². The molecular formula is C10H12N4O3. The maximum atomic E-state index is 11.0. The highest BCUT2D eigenvalue weighted by atomic mass is 16.6. The number of anilines is 1. The number of rotatable bonds is 4. The topological polar surface area (TPSA) is 90.2 Å². The summed E-state index contributed by atoms with van der Waals surface area (Å²) < 4.78 is 4.86. The molecule has 90 valence electrons. The fourth-order valence-corrected chi connectivity index (χ4v) is 1.71. The second-order valence-corrected chi connectivity index (χ2v) is 3.62. The van der Waals surface area contributed by atoms with Crippen molar-refractivity contribution in [1.29, 1.82) is 0 Å². The largest absolute Gasteiger partial charge is 0.476 e. The van der Waals surface area contributed by atoms with Crippen LogP contribution in [-0.2, 0) is 0 Å². The number of hydrogen-bond acceptors (Lipinski definition) is 6. The van der Waals surface area contributed by atoms with E-state index in [-0.39, 0.29) is 23.4 Å². The third-order valence-corrected chi connectivity index (χ3v) is 2.51. The van der Waals surface area contributed by atoms with Crippen molar-refractivity contribution in [3.63, 3.8) is 0 Å². The van der Waals surface area contributed by atoms with Gasteiger partial charge in [0.05, 0.1) is 12.0 Å². The molecule has 0 spiro atoms. The lowest BCUT2D eigenvalue weighted by molar-refractivity contribution is -0.385. The first-order valence-electron chi connectivity index (χ1n) is 5.17. The highest BCUT2D eigenvalue weighted by Gasteiger charge is 2.25. The zero-order valence-corrected chi connectivity index (χ0v) is 9.29. The number of methoxy groups -OCH3 is 1. The van der Waals surface area contributed by atoms with E-state index in [0.717, 1.165) is 12.8 Å². The maximum Gasteiger partial charge on any atom is 0.372 e. The van der Waals surface area contributed by atoms with Crippen LogP contribution < -0.4 is 10.1 Å². The van der Waals surface area contributed by atoms with Gasteiger partial charge in [-0.25, -0.2) is 4.98 Å². The summed E-state index contributed by atoms with van der Waals surface area (Å²) in [5.41, 5.74) is -0.220. The SMILES string of the molecule is COc1ncnc(NC2CC=CC2)c1[N+](=O)[O-]. The summed E-state index contributed by atoms with van der Waals surface area (Å²) in [6, 6.07) is 0.147. The minimum Gasteiger partial charge on any atom is -0.476 e. The number of nitrogens with zero attached hydrogens (tertiary/aromatic N) is 3. The average molecular weight is 236 g/mol. The molecule has 0 aromatic carbocycles. The molecule has 0 unspecified atom stereocenters. The highest BCUT2D eigenvalue weighted by Crippen LogP contribution is 2.31. The fraction of sp³-hybridized carbons (Fsp3) is 0.400. The highest BCUT2D eigenvalue weighted by molar-refractivity contribution is 5.61. The average Bonchev–Trinajstić information content (AvgIpc) is 2.81. The Labute approximate surface area is 97.7 Å². The van der Waals surface area contributed by atoms with Crippen molar-refractivity contribution in [3.8, 4) is 5.88 Å². The van der Waals surface area contributed by atoms with E-state index in [1.807, 2.05) is 12.2 Å². The summed E-state index contributed by atoms with van der Waals surface area (Å²) >= 11 is 0. The van der Waals surface area contributed by atoms with Crippen molar-refractivity contribution in [2.45, 2.75) is 18.9 Å². The molecule has 1 aromatic rings. The molecule has 1 aromatic heterocycles. The Balaban J connectivity index is 2.28. The number of nitrogens with one attached hydrogen (secondary N) is 1. The van der Waals surface area contributed by atoms with Crippen LogP contribution in [0.3, 0.4) is 0 Å². The minimum atomic E-state index is -0.538. The smallest absolute Gasteiger partial charge is 0.372 e. The zero-order valence-electron chi connectivity index (χ0n) is 9.29. The lowest BCUT2D eigenvalue weighted by Crippen LogP contribution is -2.17. The van der Waals surface area contributed by atoms with Gasteiger partial charge in [0.15, 0.2) is 0 Å². The van der Waals surface area contributed by atoms with Gasteiger partial charge in [-0.3, -0.25) is 10.1 Å². The minimum absolute atomic E-state index is 0.0292. The summed E-state index contributed by atoms with van der Waals surface area (Å²) in [5, 5.41) is 14.0. The van der Waals surface area contributed by atoms with Crippen LogP contribution in [0.5, 0.6) is 5.88 Å². The molecule has 17 heavy (non-hydrogen) atoms. The predicted molar refractivity (Wildman–Crippen MR) is 61.0 cm³/mol. The molecule has 7 nitrogen and oxygen atoms in total. The molecule has 0 atom stereocenters. The summed E-state index contributed by atoms with van der Waals surface area (Å²) in [4.78, 5) is 18.1. The number of nitro groups is 1. The van der Waals surface area contributed by atoms with Gasteiger partial charge in [0.25, 0.3) is 5.88 Å². The van der Waals surface area contributed by atoms with Gasteiger partial charge >= 0.3 is 5.69 Å². The van der Waals surface area contributed by atoms with E-state index in [4.69, 9.17) is 4.74 Å². The van der Waals surface area contributed by atoms with E-state index in [0.29, 0.717) is 0 Å². The molecule has 1 heterocycles. The third-order valence-electron chi connectivity index (χ3n) is 2.51. The fourth-order valence-electron chi connectivity index (χ4n) is 1.71. The lowest BCUT2D eigenvalue weighted by Gasteiger charge is -2.12. The lowest BCUT2D eigenvalue weighted by atomic mass is 10.2. The molecule has 0 radical (unpaired) electrons. The summed E-state index contributed by atoms with van der Waals surface area (Å²) in [7, 11) is 1.34. The molecule has 1 aliphatic carbocycles. The number of ether oxygens (including phenoxy) is 1. The van der Waals surface area contributed by atoms with Crippen molar-refractivity contribution in [2.75, 3.05) is 12.4 Å².